The highest BCUT2D eigenvalue weighted by molar-refractivity contribution is 6.30. The zero-order chi connectivity index (χ0) is 22.0. The van der Waals surface area contributed by atoms with E-state index in [1.807, 2.05) is 0 Å². The van der Waals surface area contributed by atoms with E-state index < -0.39 is 35.3 Å². The number of primary amides is 1. The van der Waals surface area contributed by atoms with Crippen LogP contribution in [0.25, 0.3) is 11.1 Å². The highest BCUT2D eigenvalue weighted by Crippen LogP contribution is 2.49. The quantitative estimate of drug-likeness (QED) is 0.742. The Balaban J connectivity index is 1.97. The van der Waals surface area contributed by atoms with Gasteiger partial charge in [0, 0.05) is 23.7 Å². The molecule has 0 spiro atoms. The summed E-state index contributed by atoms with van der Waals surface area (Å²) in [7, 11) is 1.43. The van der Waals surface area contributed by atoms with Gasteiger partial charge in [0.2, 0.25) is 5.91 Å². The zero-order valence-corrected chi connectivity index (χ0v) is 17.3. The predicted molar refractivity (Wildman–Crippen MR) is 106 cm³/mol. The van der Waals surface area contributed by atoms with Crippen molar-refractivity contribution in [3.05, 3.63) is 46.2 Å². The van der Waals surface area contributed by atoms with Crippen molar-refractivity contribution in [2.24, 2.45) is 5.73 Å². The van der Waals surface area contributed by atoms with Gasteiger partial charge in [-0.3, -0.25) is 9.59 Å². The number of nitrogens with zero attached hydrogens (tertiary/aromatic N) is 2. The molecule has 0 atom stereocenters. The molecule has 1 aromatic carbocycles. The molecule has 2 aliphatic carbocycles. The molecule has 2 aliphatic rings. The van der Waals surface area contributed by atoms with Crippen molar-refractivity contribution >= 4 is 23.4 Å². The van der Waals surface area contributed by atoms with E-state index >= 15 is 0 Å². The Morgan fingerprint density at radius 2 is 1.77 bits per heavy atom. The van der Waals surface area contributed by atoms with Crippen LogP contribution >= 0.6 is 11.6 Å². The molecule has 30 heavy (non-hydrogen) atoms. The Hall–Kier alpha value is -2.48. The smallest absolute Gasteiger partial charge is 0.368 e. The number of aromatic nitrogens is 1. The highest BCUT2D eigenvalue weighted by Gasteiger charge is 2.55. The lowest BCUT2D eigenvalue weighted by molar-refractivity contribution is -0.144. The molecular weight excluding hydrogens is 419 g/mol. The summed E-state index contributed by atoms with van der Waals surface area (Å²) in [4.78, 5) is 26.7. The van der Waals surface area contributed by atoms with E-state index in [4.69, 9.17) is 17.3 Å². The molecule has 0 radical (unpaired) electrons. The van der Waals surface area contributed by atoms with Crippen molar-refractivity contribution in [3.63, 3.8) is 0 Å². The molecule has 2 fully saturated rings. The van der Waals surface area contributed by atoms with Crippen LogP contribution in [0, 0.1) is 6.92 Å². The maximum absolute atomic E-state index is 14.1. The van der Waals surface area contributed by atoms with Gasteiger partial charge in [0.1, 0.15) is 16.9 Å². The average molecular weight is 440 g/mol. The summed E-state index contributed by atoms with van der Waals surface area (Å²) in [6.45, 7) is 1.38. The molecule has 160 valence electrons. The first-order chi connectivity index (χ1) is 14.0. The molecule has 0 bridgehead atoms. The summed E-state index contributed by atoms with van der Waals surface area (Å²) in [5.74, 6) is -1.29. The monoisotopic (exact) mass is 439 g/mol. The van der Waals surface area contributed by atoms with Crippen molar-refractivity contribution in [1.82, 2.24) is 9.47 Å². The molecule has 4 rings (SSSR count). The van der Waals surface area contributed by atoms with E-state index in [0.29, 0.717) is 36.3 Å². The van der Waals surface area contributed by atoms with Crippen molar-refractivity contribution in [1.29, 1.82) is 0 Å². The largest absolute Gasteiger partial charge is 0.431 e. The van der Waals surface area contributed by atoms with Crippen LogP contribution in [-0.4, -0.2) is 33.9 Å². The second-order valence-corrected chi connectivity index (χ2v) is 8.50. The van der Waals surface area contributed by atoms with Crippen LogP contribution in [0.1, 0.15) is 53.5 Å². The van der Waals surface area contributed by atoms with Crippen LogP contribution < -0.4 is 5.73 Å². The molecule has 2 amide bonds. The Labute approximate surface area is 176 Å². The second kappa shape index (κ2) is 6.77. The summed E-state index contributed by atoms with van der Waals surface area (Å²) in [6.07, 6.45) is -2.72. The van der Waals surface area contributed by atoms with E-state index in [1.54, 1.807) is 24.3 Å². The number of rotatable bonds is 5. The fourth-order valence-electron chi connectivity index (χ4n) is 4.15. The van der Waals surface area contributed by atoms with Crippen molar-refractivity contribution in [2.45, 2.75) is 50.4 Å². The minimum absolute atomic E-state index is 0.0163. The standard InChI is InChI=1S/C21H21ClF3N3O2/c1-11-15(12-3-5-13(22)6-4-12)16(18(29)27(2)20(9-10-20)19(26)30)28(14-7-8-14)17(11)21(23,24)25/h3-6,14H,7-10H2,1-2H3,(H2,26,30). The van der Waals surface area contributed by atoms with Crippen LogP contribution in [0.4, 0.5) is 13.2 Å². The third kappa shape index (κ3) is 3.17. The number of carbonyl (C=O) groups is 2. The van der Waals surface area contributed by atoms with Crippen LogP contribution in [0.2, 0.25) is 5.02 Å². The Bertz CT molecular complexity index is 1040. The topological polar surface area (TPSA) is 68.3 Å². The van der Waals surface area contributed by atoms with Crippen molar-refractivity contribution < 1.29 is 22.8 Å². The first kappa shape index (κ1) is 20.8. The third-order valence-corrected chi connectivity index (χ3v) is 6.35. The normalized spacial score (nSPS) is 17.7. The third-order valence-electron chi connectivity index (χ3n) is 6.09. The van der Waals surface area contributed by atoms with Crippen molar-refractivity contribution in [2.75, 3.05) is 7.05 Å². The molecule has 1 heterocycles. The summed E-state index contributed by atoms with van der Waals surface area (Å²) in [6, 6.07) is 5.93. The Morgan fingerprint density at radius 3 is 2.20 bits per heavy atom. The SMILES string of the molecule is Cc1c(-c2ccc(Cl)cc2)c(C(=O)N(C)C2(C(N)=O)CC2)n(C2CC2)c1C(F)(F)F. The van der Waals surface area contributed by atoms with Gasteiger partial charge in [-0.15, -0.1) is 0 Å². The maximum Gasteiger partial charge on any atom is 0.431 e. The molecule has 0 saturated heterocycles. The number of amides is 2. The molecule has 9 heteroatoms. The van der Waals surface area contributed by atoms with Gasteiger partial charge in [-0.05, 0) is 55.9 Å². The number of likely N-dealkylation sites (N-methyl/N-ethyl adjacent to an activating group) is 1. The summed E-state index contributed by atoms with van der Waals surface area (Å²) in [5.41, 5.74) is 4.13. The highest BCUT2D eigenvalue weighted by atomic mass is 35.5. The molecule has 2 aromatic rings. The predicted octanol–water partition coefficient (Wildman–Crippen LogP) is 4.56. The first-order valence-electron chi connectivity index (χ1n) is 9.65. The lowest BCUT2D eigenvalue weighted by atomic mass is 10.00. The number of hydrogen-bond acceptors (Lipinski definition) is 2. The number of carbonyl (C=O) groups excluding carboxylic acids is 2. The number of halogens is 4. The summed E-state index contributed by atoms with van der Waals surface area (Å²) >= 11 is 5.95. The van der Waals surface area contributed by atoms with E-state index in [-0.39, 0.29) is 16.8 Å². The minimum Gasteiger partial charge on any atom is -0.368 e. The van der Waals surface area contributed by atoms with Gasteiger partial charge in [0.25, 0.3) is 5.91 Å². The van der Waals surface area contributed by atoms with Gasteiger partial charge in [-0.1, -0.05) is 23.7 Å². The van der Waals surface area contributed by atoms with Crippen LogP contribution in [0.15, 0.2) is 24.3 Å². The number of nitrogens with two attached hydrogens (primary N) is 1. The fourth-order valence-corrected chi connectivity index (χ4v) is 4.28. The molecule has 5 nitrogen and oxygen atoms in total. The lowest BCUT2D eigenvalue weighted by Crippen LogP contribution is -2.48. The van der Waals surface area contributed by atoms with Gasteiger partial charge >= 0.3 is 6.18 Å². The molecule has 1 aromatic heterocycles. The van der Waals surface area contributed by atoms with Gasteiger partial charge < -0.3 is 15.2 Å². The Kier molecular flexibility index (Phi) is 4.69. The first-order valence-corrected chi connectivity index (χ1v) is 10.0. The summed E-state index contributed by atoms with van der Waals surface area (Å²) in [5, 5.41) is 0.435. The molecule has 0 unspecified atom stereocenters. The van der Waals surface area contributed by atoms with E-state index in [9.17, 15) is 22.8 Å². The van der Waals surface area contributed by atoms with Crippen LogP contribution in [0.5, 0.6) is 0 Å². The van der Waals surface area contributed by atoms with E-state index in [1.165, 1.54) is 18.9 Å². The maximum atomic E-state index is 14.1. The molecule has 0 aliphatic heterocycles. The molecule has 2 N–H and O–H groups in total. The van der Waals surface area contributed by atoms with E-state index in [0.717, 1.165) is 4.57 Å². The minimum atomic E-state index is -4.63. The van der Waals surface area contributed by atoms with Gasteiger partial charge in [0.15, 0.2) is 0 Å². The number of benzene rings is 1. The Morgan fingerprint density at radius 1 is 1.20 bits per heavy atom. The number of hydrogen-bond donors (Lipinski definition) is 1. The van der Waals surface area contributed by atoms with Gasteiger partial charge in [-0.2, -0.15) is 13.2 Å². The fraction of sp³-hybridized carbons (Fsp3) is 0.429. The average Bonchev–Trinajstić information content (AvgIpc) is 3.57. The van der Waals surface area contributed by atoms with Crippen LogP contribution in [-0.2, 0) is 11.0 Å². The van der Waals surface area contributed by atoms with E-state index in [2.05, 4.69) is 0 Å². The van der Waals surface area contributed by atoms with Gasteiger partial charge in [-0.25, -0.2) is 0 Å². The van der Waals surface area contributed by atoms with Crippen molar-refractivity contribution in [3.8, 4) is 11.1 Å². The lowest BCUT2D eigenvalue weighted by Gasteiger charge is -2.27. The molecule has 2 saturated carbocycles. The van der Waals surface area contributed by atoms with Gasteiger partial charge in [0.05, 0.1) is 0 Å². The number of alkyl halides is 3. The molecular formula is C21H21ClF3N3O2. The second-order valence-electron chi connectivity index (χ2n) is 8.06. The van der Waals surface area contributed by atoms with Crippen LogP contribution in [0.3, 0.4) is 0 Å². The summed E-state index contributed by atoms with van der Waals surface area (Å²) < 4.78 is 43.3. The zero-order valence-electron chi connectivity index (χ0n) is 16.5.